The molecule has 0 saturated carbocycles. The van der Waals surface area contributed by atoms with E-state index in [0.717, 1.165) is 17.7 Å². The van der Waals surface area contributed by atoms with Gasteiger partial charge in [-0.2, -0.15) is 0 Å². The Morgan fingerprint density at radius 2 is 1.72 bits per heavy atom. The average Bonchev–Trinajstić information content (AvgIpc) is 2.80. The van der Waals surface area contributed by atoms with Crippen LogP contribution in [0.25, 0.3) is 0 Å². The summed E-state index contributed by atoms with van der Waals surface area (Å²) in [7, 11) is -2.28. The Bertz CT molecular complexity index is 1200. The van der Waals surface area contributed by atoms with Gasteiger partial charge in [0.1, 0.15) is 12.4 Å². The SMILES string of the molecule is CCCn1c(C)cc(=O)c(OCc2ccccc2)c1CNS(=O)(=O)c1ccc(OC)cc1. The first-order chi connectivity index (χ1) is 15.4. The van der Waals surface area contributed by atoms with Crippen LogP contribution in [0, 0.1) is 6.92 Å². The number of benzene rings is 2. The van der Waals surface area contributed by atoms with Gasteiger partial charge in [0.05, 0.1) is 24.2 Å². The first kappa shape index (κ1) is 23.6. The number of ether oxygens (including phenoxy) is 2. The van der Waals surface area contributed by atoms with E-state index in [-0.39, 0.29) is 29.2 Å². The summed E-state index contributed by atoms with van der Waals surface area (Å²) in [5.41, 5.74) is 1.90. The Morgan fingerprint density at radius 3 is 2.34 bits per heavy atom. The van der Waals surface area contributed by atoms with Gasteiger partial charge in [0, 0.05) is 18.3 Å². The number of aryl methyl sites for hydroxylation is 1. The van der Waals surface area contributed by atoms with Gasteiger partial charge in [-0.1, -0.05) is 37.3 Å². The maximum Gasteiger partial charge on any atom is 0.240 e. The van der Waals surface area contributed by atoms with Crippen molar-refractivity contribution in [3.63, 3.8) is 0 Å². The molecular formula is C24H28N2O5S. The van der Waals surface area contributed by atoms with E-state index in [1.807, 2.05) is 48.7 Å². The summed E-state index contributed by atoms with van der Waals surface area (Å²) < 4.78 is 41.3. The van der Waals surface area contributed by atoms with Gasteiger partial charge in [-0.25, -0.2) is 13.1 Å². The van der Waals surface area contributed by atoms with Crippen LogP contribution in [-0.2, 0) is 29.7 Å². The van der Waals surface area contributed by atoms with Crippen LogP contribution in [0.3, 0.4) is 0 Å². The molecule has 3 aromatic rings. The van der Waals surface area contributed by atoms with E-state index >= 15 is 0 Å². The van der Waals surface area contributed by atoms with Gasteiger partial charge in [0.25, 0.3) is 0 Å². The summed E-state index contributed by atoms with van der Waals surface area (Å²) in [6.07, 6.45) is 0.820. The highest BCUT2D eigenvalue weighted by atomic mass is 32.2. The fourth-order valence-corrected chi connectivity index (χ4v) is 4.40. The van der Waals surface area contributed by atoms with Crippen LogP contribution in [-0.4, -0.2) is 20.1 Å². The number of nitrogens with zero attached hydrogens (tertiary/aromatic N) is 1. The molecule has 0 bridgehead atoms. The molecule has 0 aliphatic carbocycles. The van der Waals surface area contributed by atoms with Crippen LogP contribution >= 0.6 is 0 Å². The van der Waals surface area contributed by atoms with Crippen molar-refractivity contribution in [2.75, 3.05) is 7.11 Å². The standard InChI is InChI=1S/C24H28N2O5S/c1-4-14-26-18(2)15-23(27)24(31-17-19-8-6-5-7-9-19)22(26)16-25-32(28,29)21-12-10-20(30-3)11-13-21/h5-13,15,25H,4,14,16-17H2,1-3H3. The molecule has 0 atom stereocenters. The maximum absolute atomic E-state index is 12.9. The molecule has 3 rings (SSSR count). The molecule has 0 fully saturated rings. The number of aromatic nitrogens is 1. The van der Waals surface area contributed by atoms with Crippen molar-refractivity contribution >= 4 is 10.0 Å². The first-order valence-electron chi connectivity index (χ1n) is 10.4. The molecular weight excluding hydrogens is 428 g/mol. The van der Waals surface area contributed by atoms with E-state index in [0.29, 0.717) is 18.0 Å². The van der Waals surface area contributed by atoms with Gasteiger partial charge in [-0.05, 0) is 43.2 Å². The second-order valence-electron chi connectivity index (χ2n) is 7.35. The maximum atomic E-state index is 12.9. The Labute approximate surface area is 188 Å². The molecule has 0 saturated heterocycles. The second-order valence-corrected chi connectivity index (χ2v) is 9.12. The van der Waals surface area contributed by atoms with Crippen molar-refractivity contribution in [3.8, 4) is 11.5 Å². The number of hydrogen-bond donors (Lipinski definition) is 1. The van der Waals surface area contributed by atoms with E-state index in [9.17, 15) is 13.2 Å². The van der Waals surface area contributed by atoms with E-state index in [1.54, 1.807) is 12.1 Å². The summed E-state index contributed by atoms with van der Waals surface area (Å²) in [6, 6.07) is 17.2. The quantitative estimate of drug-likeness (QED) is 0.503. The highest BCUT2D eigenvalue weighted by Gasteiger charge is 2.20. The minimum absolute atomic E-state index is 0.0740. The van der Waals surface area contributed by atoms with Crippen molar-refractivity contribution < 1.29 is 17.9 Å². The minimum atomic E-state index is -3.80. The summed E-state index contributed by atoms with van der Waals surface area (Å²) in [5, 5.41) is 0. The zero-order valence-corrected chi connectivity index (χ0v) is 19.3. The number of pyridine rings is 1. The summed E-state index contributed by atoms with van der Waals surface area (Å²) in [5.74, 6) is 0.723. The molecule has 32 heavy (non-hydrogen) atoms. The largest absolute Gasteiger partial charge is 0.497 e. The molecule has 1 aromatic heterocycles. The van der Waals surface area contributed by atoms with E-state index in [1.165, 1.54) is 25.3 Å². The van der Waals surface area contributed by atoms with Gasteiger partial charge >= 0.3 is 0 Å². The molecule has 1 N–H and O–H groups in total. The molecule has 0 aliphatic heterocycles. The Balaban J connectivity index is 1.92. The molecule has 1 heterocycles. The summed E-state index contributed by atoms with van der Waals surface area (Å²) in [4.78, 5) is 12.9. The lowest BCUT2D eigenvalue weighted by Crippen LogP contribution is -2.28. The third-order valence-corrected chi connectivity index (χ3v) is 6.47. The van der Waals surface area contributed by atoms with Gasteiger partial charge in [-0.3, -0.25) is 4.79 Å². The van der Waals surface area contributed by atoms with E-state index < -0.39 is 10.0 Å². The fraction of sp³-hybridized carbons (Fsp3) is 0.292. The van der Waals surface area contributed by atoms with Crippen LogP contribution < -0.4 is 19.6 Å². The molecule has 7 nitrogen and oxygen atoms in total. The van der Waals surface area contributed by atoms with E-state index in [2.05, 4.69) is 4.72 Å². The molecule has 0 amide bonds. The van der Waals surface area contributed by atoms with Crippen molar-refractivity contribution in [3.05, 3.63) is 87.8 Å². The third-order valence-electron chi connectivity index (χ3n) is 5.05. The molecule has 170 valence electrons. The zero-order chi connectivity index (χ0) is 23.1. The lowest BCUT2D eigenvalue weighted by molar-refractivity contribution is 0.294. The van der Waals surface area contributed by atoms with Gasteiger partial charge in [-0.15, -0.1) is 0 Å². The van der Waals surface area contributed by atoms with Crippen LogP contribution in [0.15, 0.2) is 70.4 Å². The van der Waals surface area contributed by atoms with Gasteiger partial charge in [0.2, 0.25) is 15.5 Å². The Kier molecular flexibility index (Phi) is 7.71. The summed E-state index contributed by atoms with van der Waals surface area (Å²) in [6.45, 7) is 4.62. The zero-order valence-electron chi connectivity index (χ0n) is 18.5. The summed E-state index contributed by atoms with van der Waals surface area (Å²) >= 11 is 0. The smallest absolute Gasteiger partial charge is 0.240 e. The topological polar surface area (TPSA) is 86.6 Å². The molecule has 0 radical (unpaired) electrons. The Hall–Kier alpha value is -3.10. The second kappa shape index (κ2) is 10.5. The van der Waals surface area contributed by atoms with Gasteiger partial charge < -0.3 is 14.0 Å². The van der Waals surface area contributed by atoms with E-state index in [4.69, 9.17) is 9.47 Å². The number of rotatable bonds is 10. The highest BCUT2D eigenvalue weighted by molar-refractivity contribution is 7.89. The first-order valence-corrected chi connectivity index (χ1v) is 11.9. The highest BCUT2D eigenvalue weighted by Crippen LogP contribution is 2.20. The molecule has 0 aliphatic rings. The van der Waals surface area contributed by atoms with Gasteiger partial charge in [0.15, 0.2) is 5.75 Å². The lowest BCUT2D eigenvalue weighted by Gasteiger charge is -2.20. The predicted molar refractivity (Wildman–Crippen MR) is 124 cm³/mol. The normalized spacial score (nSPS) is 11.3. The monoisotopic (exact) mass is 456 g/mol. The fourth-order valence-electron chi connectivity index (χ4n) is 3.41. The van der Waals surface area contributed by atoms with Crippen molar-refractivity contribution in [2.24, 2.45) is 0 Å². The third kappa shape index (κ3) is 5.57. The predicted octanol–water partition coefficient (Wildman–Crippen LogP) is 3.63. The average molecular weight is 457 g/mol. The number of nitrogens with one attached hydrogen (secondary N) is 1. The molecule has 8 heteroatoms. The van der Waals surface area contributed by atoms with Crippen molar-refractivity contribution in [1.29, 1.82) is 0 Å². The molecule has 0 unspecified atom stereocenters. The number of methoxy groups -OCH3 is 1. The molecule has 2 aromatic carbocycles. The van der Waals surface area contributed by atoms with Crippen LogP contribution in [0.5, 0.6) is 11.5 Å². The van der Waals surface area contributed by atoms with Crippen molar-refractivity contribution in [2.45, 2.75) is 44.9 Å². The number of hydrogen-bond acceptors (Lipinski definition) is 5. The van der Waals surface area contributed by atoms with Crippen LogP contribution in [0.1, 0.15) is 30.3 Å². The van der Waals surface area contributed by atoms with Crippen LogP contribution in [0.2, 0.25) is 0 Å². The lowest BCUT2D eigenvalue weighted by atomic mass is 10.2. The Morgan fingerprint density at radius 1 is 1.03 bits per heavy atom. The van der Waals surface area contributed by atoms with Crippen molar-refractivity contribution in [1.82, 2.24) is 9.29 Å². The number of sulfonamides is 1. The minimum Gasteiger partial charge on any atom is -0.497 e. The van der Waals surface area contributed by atoms with Crippen LogP contribution in [0.4, 0.5) is 0 Å². The molecule has 0 spiro atoms.